The van der Waals surface area contributed by atoms with Gasteiger partial charge in [0.15, 0.2) is 12.4 Å². The summed E-state index contributed by atoms with van der Waals surface area (Å²) in [5, 5.41) is 22.5. The van der Waals surface area contributed by atoms with Gasteiger partial charge in [-0.25, -0.2) is 23.4 Å². The van der Waals surface area contributed by atoms with E-state index in [4.69, 9.17) is 21.1 Å². The molecule has 218 valence electrons. The predicted octanol–water partition coefficient (Wildman–Crippen LogP) is 4.79. The Morgan fingerprint density at radius 1 is 1.21 bits per heavy atom. The summed E-state index contributed by atoms with van der Waals surface area (Å²) in [5.41, 5.74) is 1.99. The first kappa shape index (κ1) is 28.9. The van der Waals surface area contributed by atoms with Gasteiger partial charge >= 0.3 is 6.09 Å². The Morgan fingerprint density at radius 3 is 2.62 bits per heavy atom. The first-order chi connectivity index (χ1) is 19.9. The Morgan fingerprint density at radius 2 is 1.95 bits per heavy atom. The van der Waals surface area contributed by atoms with Gasteiger partial charge < -0.3 is 14.4 Å². The van der Waals surface area contributed by atoms with E-state index >= 15 is 0 Å². The molecule has 0 saturated carbocycles. The summed E-state index contributed by atoms with van der Waals surface area (Å²) in [6.07, 6.45) is 5.02. The molecule has 0 bridgehead atoms. The van der Waals surface area contributed by atoms with E-state index in [1.54, 1.807) is 17.2 Å². The van der Waals surface area contributed by atoms with Crippen molar-refractivity contribution in [2.75, 3.05) is 19.7 Å². The van der Waals surface area contributed by atoms with Crippen LogP contribution in [0, 0.1) is 24.1 Å². The number of pyridine rings is 2. The molecule has 0 N–H and O–H groups in total. The Bertz CT molecular complexity index is 1710. The van der Waals surface area contributed by atoms with Crippen molar-refractivity contribution in [3.05, 3.63) is 58.5 Å². The topological polar surface area (TPSA) is 141 Å². The van der Waals surface area contributed by atoms with E-state index in [0.717, 1.165) is 18.0 Å². The molecule has 42 heavy (non-hydrogen) atoms. The van der Waals surface area contributed by atoms with E-state index in [9.17, 15) is 19.2 Å². The van der Waals surface area contributed by atoms with Crippen molar-refractivity contribution in [1.82, 2.24) is 34.5 Å². The summed E-state index contributed by atoms with van der Waals surface area (Å²) in [5.74, 6) is -1.04. The zero-order valence-corrected chi connectivity index (χ0v) is 24.2. The average molecular weight is 595 g/mol. The Balaban J connectivity index is 1.38. The van der Waals surface area contributed by atoms with Gasteiger partial charge in [-0.1, -0.05) is 16.8 Å². The quantitative estimate of drug-likeness (QED) is 0.288. The van der Waals surface area contributed by atoms with E-state index in [1.807, 2.05) is 32.4 Å². The maximum Gasteiger partial charge on any atom is 0.410 e. The third-order valence-corrected chi connectivity index (χ3v) is 7.10. The Labute approximate surface area is 245 Å². The number of ketones is 1. The smallest absolute Gasteiger partial charge is 0.410 e. The van der Waals surface area contributed by atoms with Gasteiger partial charge in [0, 0.05) is 24.8 Å². The molecule has 1 fully saturated rings. The van der Waals surface area contributed by atoms with Crippen LogP contribution in [0.25, 0.3) is 16.8 Å². The summed E-state index contributed by atoms with van der Waals surface area (Å²) in [6.45, 7) is 8.05. The van der Waals surface area contributed by atoms with Crippen LogP contribution < -0.4 is 4.74 Å². The van der Waals surface area contributed by atoms with Gasteiger partial charge in [-0.2, -0.15) is 10.4 Å². The molecule has 4 aromatic heterocycles. The zero-order chi connectivity index (χ0) is 30.2. The second-order valence-corrected chi connectivity index (χ2v) is 11.3. The minimum atomic E-state index is -0.738. The highest BCUT2D eigenvalue weighted by Crippen LogP contribution is 2.33. The van der Waals surface area contributed by atoms with Crippen LogP contribution in [0.15, 0.2) is 30.7 Å². The van der Waals surface area contributed by atoms with Gasteiger partial charge in [-0.15, -0.1) is 5.10 Å². The number of halogens is 2. The van der Waals surface area contributed by atoms with Gasteiger partial charge in [-0.3, -0.25) is 4.79 Å². The molecule has 12 nitrogen and oxygen atoms in total. The minimum absolute atomic E-state index is 0.0342. The van der Waals surface area contributed by atoms with Crippen LogP contribution in [-0.4, -0.2) is 71.7 Å². The molecule has 1 amide bonds. The first-order valence-electron chi connectivity index (χ1n) is 13.2. The van der Waals surface area contributed by atoms with Crippen molar-refractivity contribution >= 4 is 29.0 Å². The van der Waals surface area contributed by atoms with Gasteiger partial charge in [0.25, 0.3) is 0 Å². The Kier molecular flexibility index (Phi) is 7.83. The summed E-state index contributed by atoms with van der Waals surface area (Å²) in [6, 6.07) is 4.91. The monoisotopic (exact) mass is 594 g/mol. The number of fused-ring (bicyclic) bond motifs is 1. The van der Waals surface area contributed by atoms with Crippen LogP contribution in [0.4, 0.5) is 9.18 Å². The maximum absolute atomic E-state index is 13.5. The number of rotatable bonds is 6. The van der Waals surface area contributed by atoms with Crippen LogP contribution in [0.5, 0.6) is 5.75 Å². The van der Waals surface area contributed by atoms with E-state index in [-0.39, 0.29) is 34.2 Å². The van der Waals surface area contributed by atoms with Gasteiger partial charge in [0.05, 0.1) is 29.2 Å². The fourth-order valence-electron chi connectivity index (χ4n) is 4.76. The lowest BCUT2D eigenvalue weighted by Gasteiger charge is -2.33. The molecule has 1 aliphatic rings. The number of nitrogens with zero attached hydrogens (tertiary/aromatic N) is 8. The number of nitriles is 1. The van der Waals surface area contributed by atoms with Gasteiger partial charge in [0.2, 0.25) is 5.78 Å². The second kappa shape index (κ2) is 11.4. The lowest BCUT2D eigenvalue weighted by molar-refractivity contribution is 0.0183. The molecular formula is C28H28ClFN8O4. The number of carbonyl (C=O) groups is 2. The summed E-state index contributed by atoms with van der Waals surface area (Å²) in [4.78, 5) is 30.7. The molecule has 14 heteroatoms. The SMILES string of the molecule is Cc1c(-c2cc(OCC(=O)c3cc(Cl)c(F)cn3)c3c(C#N)cnn3c2)nnn1C1CCN(C(=O)OC(C)(C)C)CC1. The zero-order valence-electron chi connectivity index (χ0n) is 23.5. The molecule has 4 aromatic rings. The molecule has 0 aromatic carbocycles. The number of aromatic nitrogens is 6. The normalized spacial score (nSPS) is 14.2. The number of likely N-dealkylation sites (tertiary alicyclic amines) is 1. The predicted molar refractivity (Wildman–Crippen MR) is 149 cm³/mol. The molecule has 0 radical (unpaired) electrons. The average Bonchev–Trinajstić information content (AvgIpc) is 3.55. The molecule has 5 heterocycles. The molecule has 1 aliphatic heterocycles. The number of piperidine rings is 1. The molecule has 0 spiro atoms. The fraction of sp³-hybridized carbons (Fsp3) is 0.393. The minimum Gasteiger partial charge on any atom is -0.483 e. The molecular weight excluding hydrogens is 567 g/mol. The largest absolute Gasteiger partial charge is 0.483 e. The van der Waals surface area contributed by atoms with Crippen molar-refractivity contribution in [2.45, 2.75) is 52.2 Å². The van der Waals surface area contributed by atoms with Crippen LogP contribution in [0.1, 0.15) is 61.4 Å². The van der Waals surface area contributed by atoms with E-state index in [0.29, 0.717) is 42.7 Å². The molecule has 0 aliphatic carbocycles. The molecule has 0 atom stereocenters. The number of hydrogen-bond donors (Lipinski definition) is 0. The van der Waals surface area contributed by atoms with Crippen LogP contribution in [0.3, 0.4) is 0 Å². The third-order valence-electron chi connectivity index (χ3n) is 6.81. The summed E-state index contributed by atoms with van der Waals surface area (Å²) in [7, 11) is 0. The lowest BCUT2D eigenvalue weighted by atomic mass is 10.0. The lowest BCUT2D eigenvalue weighted by Crippen LogP contribution is -2.42. The van der Waals surface area contributed by atoms with Gasteiger partial charge in [-0.05, 0) is 52.7 Å². The van der Waals surface area contributed by atoms with Crippen molar-refractivity contribution < 1.29 is 23.5 Å². The number of Topliss-reactive ketones (excluding diaryl/α,β-unsaturated/α-hetero) is 1. The van der Waals surface area contributed by atoms with Crippen molar-refractivity contribution in [1.29, 1.82) is 5.26 Å². The van der Waals surface area contributed by atoms with Crippen LogP contribution in [0.2, 0.25) is 5.02 Å². The van der Waals surface area contributed by atoms with Crippen molar-refractivity contribution in [3.63, 3.8) is 0 Å². The number of carbonyl (C=O) groups excluding carboxylic acids is 2. The van der Waals surface area contributed by atoms with Crippen LogP contribution in [-0.2, 0) is 4.74 Å². The highest BCUT2D eigenvalue weighted by atomic mass is 35.5. The summed E-state index contributed by atoms with van der Waals surface area (Å²) < 4.78 is 28.2. The highest BCUT2D eigenvalue weighted by molar-refractivity contribution is 6.31. The van der Waals surface area contributed by atoms with Crippen molar-refractivity contribution in [3.8, 4) is 23.1 Å². The third kappa shape index (κ3) is 5.89. The number of ether oxygens (including phenoxy) is 2. The molecule has 1 saturated heterocycles. The Hall–Kier alpha value is -4.57. The fourth-order valence-corrected chi connectivity index (χ4v) is 4.92. The molecule has 0 unspecified atom stereocenters. The molecule has 5 rings (SSSR count). The van der Waals surface area contributed by atoms with E-state index in [1.165, 1.54) is 10.7 Å². The van der Waals surface area contributed by atoms with Crippen molar-refractivity contribution in [2.24, 2.45) is 0 Å². The van der Waals surface area contributed by atoms with Gasteiger partial charge in [0.1, 0.15) is 39.9 Å². The number of hydrogen-bond acceptors (Lipinski definition) is 9. The standard InChI is InChI=1S/C28H28ClFN8O4/c1-16-25(34-35-38(16)19-5-7-36(8-6-19)27(40)42-28(2,3)4)17-9-24(26-18(11-31)12-33-37(26)14-17)41-15-23(39)22-10-20(29)21(30)13-32-22/h9-10,12-14,19H,5-8,15H2,1-4H3. The second-order valence-electron chi connectivity index (χ2n) is 10.9. The maximum atomic E-state index is 13.5. The van der Waals surface area contributed by atoms with E-state index in [2.05, 4.69) is 26.5 Å². The van der Waals surface area contributed by atoms with E-state index < -0.39 is 23.8 Å². The first-order valence-corrected chi connectivity index (χ1v) is 13.6. The van der Waals surface area contributed by atoms with Crippen LogP contribution >= 0.6 is 11.6 Å². The number of amides is 1. The highest BCUT2D eigenvalue weighted by Gasteiger charge is 2.29. The summed E-state index contributed by atoms with van der Waals surface area (Å²) >= 11 is 5.79.